The summed E-state index contributed by atoms with van der Waals surface area (Å²) in [6.07, 6.45) is 0.609. The number of alkyl halides is 1. The molecule has 0 fully saturated rings. The number of nitro groups is 1. The molecular formula is C16H15BrClNO2. The predicted octanol–water partition coefficient (Wildman–Crippen LogP) is 5.56. The van der Waals surface area contributed by atoms with Gasteiger partial charge in [0.25, 0.3) is 5.69 Å². The highest BCUT2D eigenvalue weighted by Crippen LogP contribution is 2.35. The van der Waals surface area contributed by atoms with Crippen LogP contribution >= 0.6 is 27.5 Å². The number of rotatable bonds is 5. The van der Waals surface area contributed by atoms with Crippen LogP contribution in [0.5, 0.6) is 0 Å². The van der Waals surface area contributed by atoms with Crippen molar-refractivity contribution in [2.24, 2.45) is 5.92 Å². The van der Waals surface area contributed by atoms with E-state index >= 15 is 0 Å². The largest absolute Gasteiger partial charge is 0.274 e. The molecule has 0 amide bonds. The fraction of sp³-hybridized carbons (Fsp3) is 0.250. The molecule has 0 saturated carbocycles. The van der Waals surface area contributed by atoms with Crippen LogP contribution in [0.3, 0.4) is 0 Å². The second kappa shape index (κ2) is 7.05. The van der Waals surface area contributed by atoms with Gasteiger partial charge in [-0.25, -0.2) is 0 Å². The highest BCUT2D eigenvalue weighted by atomic mass is 79.9. The summed E-state index contributed by atoms with van der Waals surface area (Å²) >= 11 is 9.53. The molecule has 0 aliphatic heterocycles. The molecule has 2 unspecified atom stereocenters. The van der Waals surface area contributed by atoms with Gasteiger partial charge in [-0.2, -0.15) is 0 Å². The summed E-state index contributed by atoms with van der Waals surface area (Å²) in [5.41, 5.74) is 1.96. The van der Waals surface area contributed by atoms with Crippen LogP contribution in [0.1, 0.15) is 22.9 Å². The van der Waals surface area contributed by atoms with Crippen molar-refractivity contribution in [3.63, 3.8) is 0 Å². The molecule has 0 radical (unpaired) electrons. The van der Waals surface area contributed by atoms with Gasteiger partial charge >= 0.3 is 0 Å². The Kier molecular flexibility index (Phi) is 5.37. The second-order valence-corrected chi connectivity index (χ2v) is 6.45. The lowest BCUT2D eigenvalue weighted by Crippen LogP contribution is -2.08. The van der Waals surface area contributed by atoms with Crippen molar-refractivity contribution < 1.29 is 4.92 Å². The Hall–Kier alpha value is -1.39. The first-order chi connectivity index (χ1) is 9.99. The van der Waals surface area contributed by atoms with E-state index in [-0.39, 0.29) is 21.4 Å². The second-order valence-electron chi connectivity index (χ2n) is 5.02. The van der Waals surface area contributed by atoms with Gasteiger partial charge in [-0.05, 0) is 24.0 Å². The third-order valence-electron chi connectivity index (χ3n) is 3.40. The molecule has 0 aliphatic rings. The number of halogens is 2. The molecule has 0 saturated heterocycles. The van der Waals surface area contributed by atoms with Crippen LogP contribution in [-0.2, 0) is 6.42 Å². The highest BCUT2D eigenvalue weighted by Gasteiger charge is 2.21. The molecule has 2 aromatic carbocycles. The number of hydrogen-bond acceptors (Lipinski definition) is 2. The van der Waals surface area contributed by atoms with Crippen molar-refractivity contribution in [1.29, 1.82) is 0 Å². The Balaban J connectivity index is 2.20. The van der Waals surface area contributed by atoms with Crippen LogP contribution in [0, 0.1) is 16.0 Å². The van der Waals surface area contributed by atoms with Gasteiger partial charge in [0.15, 0.2) is 0 Å². The van der Waals surface area contributed by atoms with E-state index in [1.54, 1.807) is 12.1 Å². The Morgan fingerprint density at radius 1 is 1.24 bits per heavy atom. The molecule has 2 atom stereocenters. The van der Waals surface area contributed by atoms with Crippen molar-refractivity contribution in [3.8, 4) is 0 Å². The van der Waals surface area contributed by atoms with Crippen LogP contribution in [0.4, 0.5) is 5.69 Å². The van der Waals surface area contributed by atoms with Gasteiger partial charge in [-0.15, -0.1) is 0 Å². The van der Waals surface area contributed by atoms with E-state index in [0.717, 1.165) is 0 Å². The van der Waals surface area contributed by atoms with E-state index < -0.39 is 0 Å². The fourth-order valence-corrected chi connectivity index (χ4v) is 2.95. The molecule has 0 bridgehead atoms. The summed E-state index contributed by atoms with van der Waals surface area (Å²) in [7, 11) is 0. The maximum atomic E-state index is 11.1. The van der Waals surface area contributed by atoms with Gasteiger partial charge < -0.3 is 0 Å². The normalized spacial score (nSPS) is 13.7. The van der Waals surface area contributed by atoms with Crippen molar-refractivity contribution in [3.05, 3.63) is 74.8 Å². The highest BCUT2D eigenvalue weighted by molar-refractivity contribution is 9.09. The lowest BCUT2D eigenvalue weighted by molar-refractivity contribution is -0.385. The zero-order valence-corrected chi connectivity index (χ0v) is 13.8. The Morgan fingerprint density at radius 3 is 2.52 bits per heavy atom. The first kappa shape index (κ1) is 16.0. The number of nitrogens with zero attached hydrogens (tertiary/aromatic N) is 1. The Bertz CT molecular complexity index is 633. The Labute approximate surface area is 137 Å². The average Bonchev–Trinajstić information content (AvgIpc) is 2.49. The molecule has 5 heteroatoms. The maximum absolute atomic E-state index is 11.1. The summed E-state index contributed by atoms with van der Waals surface area (Å²) in [5, 5.41) is 11.5. The van der Waals surface area contributed by atoms with Gasteiger partial charge in [-0.3, -0.25) is 10.1 Å². The number of nitro benzene ring substituents is 1. The summed E-state index contributed by atoms with van der Waals surface area (Å²) < 4.78 is 0. The molecule has 2 rings (SSSR count). The molecule has 2 aromatic rings. The molecule has 0 spiro atoms. The van der Waals surface area contributed by atoms with Gasteiger partial charge in [0.1, 0.15) is 0 Å². The van der Waals surface area contributed by atoms with E-state index in [1.807, 2.05) is 30.3 Å². The molecule has 0 heterocycles. The van der Waals surface area contributed by atoms with Gasteiger partial charge in [0, 0.05) is 21.5 Å². The van der Waals surface area contributed by atoms with Gasteiger partial charge in [0.05, 0.1) is 4.92 Å². The minimum Gasteiger partial charge on any atom is -0.258 e. The smallest absolute Gasteiger partial charge is 0.258 e. The van der Waals surface area contributed by atoms with E-state index in [1.165, 1.54) is 11.6 Å². The molecule has 21 heavy (non-hydrogen) atoms. The molecular weight excluding hydrogens is 354 g/mol. The third-order valence-corrected chi connectivity index (χ3v) is 5.07. The lowest BCUT2D eigenvalue weighted by Gasteiger charge is -2.19. The SMILES string of the molecule is CC(Cc1ccc(Cl)cc1[N+](=O)[O-])C(Br)c1ccccc1. The molecule has 110 valence electrons. The van der Waals surface area contributed by atoms with E-state index in [9.17, 15) is 10.1 Å². The first-order valence-corrected chi connectivity index (χ1v) is 7.90. The van der Waals surface area contributed by atoms with Crippen LogP contribution in [0.15, 0.2) is 48.5 Å². The van der Waals surface area contributed by atoms with E-state index in [2.05, 4.69) is 22.9 Å². The molecule has 0 aromatic heterocycles. The van der Waals surface area contributed by atoms with Crippen molar-refractivity contribution >= 4 is 33.2 Å². The standard InChI is InChI=1S/C16H15BrClNO2/c1-11(16(17)12-5-3-2-4-6-12)9-13-7-8-14(18)10-15(13)19(20)21/h2-8,10-11,16H,9H2,1H3. The van der Waals surface area contributed by atoms with Crippen molar-refractivity contribution in [1.82, 2.24) is 0 Å². The fourth-order valence-electron chi connectivity index (χ4n) is 2.30. The first-order valence-electron chi connectivity index (χ1n) is 6.61. The quantitative estimate of drug-likeness (QED) is 0.394. The summed E-state index contributed by atoms with van der Waals surface area (Å²) in [6.45, 7) is 2.07. The minimum atomic E-state index is -0.375. The predicted molar refractivity (Wildman–Crippen MR) is 89.1 cm³/mol. The van der Waals surface area contributed by atoms with Crippen LogP contribution in [0.2, 0.25) is 5.02 Å². The Morgan fingerprint density at radius 2 is 1.90 bits per heavy atom. The molecule has 3 nitrogen and oxygen atoms in total. The third kappa shape index (κ3) is 4.05. The van der Waals surface area contributed by atoms with Gasteiger partial charge in [-0.1, -0.05) is 70.9 Å². The van der Waals surface area contributed by atoms with Crippen LogP contribution in [0.25, 0.3) is 0 Å². The summed E-state index contributed by atoms with van der Waals surface area (Å²) in [5.74, 6) is 0.215. The van der Waals surface area contributed by atoms with E-state index in [4.69, 9.17) is 11.6 Å². The number of hydrogen-bond donors (Lipinski definition) is 0. The van der Waals surface area contributed by atoms with Crippen LogP contribution in [-0.4, -0.2) is 4.92 Å². The van der Waals surface area contributed by atoms with Crippen LogP contribution < -0.4 is 0 Å². The van der Waals surface area contributed by atoms with Crippen molar-refractivity contribution in [2.75, 3.05) is 0 Å². The molecule has 0 aliphatic carbocycles. The minimum absolute atomic E-state index is 0.0853. The summed E-state index contributed by atoms with van der Waals surface area (Å²) in [6, 6.07) is 14.9. The van der Waals surface area contributed by atoms with Gasteiger partial charge in [0.2, 0.25) is 0 Å². The average molecular weight is 369 g/mol. The summed E-state index contributed by atoms with van der Waals surface area (Å²) in [4.78, 5) is 10.9. The topological polar surface area (TPSA) is 43.1 Å². The zero-order chi connectivity index (χ0) is 15.4. The van der Waals surface area contributed by atoms with E-state index in [0.29, 0.717) is 17.0 Å². The lowest BCUT2D eigenvalue weighted by atomic mass is 9.93. The maximum Gasteiger partial charge on any atom is 0.274 e. The van der Waals surface area contributed by atoms with Crippen molar-refractivity contribution in [2.45, 2.75) is 18.2 Å². The molecule has 0 N–H and O–H groups in total. The zero-order valence-electron chi connectivity index (χ0n) is 11.5. The number of benzene rings is 2. The monoisotopic (exact) mass is 367 g/mol.